The number of carbonyl (C=O) groups is 2. The van der Waals surface area contributed by atoms with E-state index in [1.807, 2.05) is 60.7 Å². The van der Waals surface area contributed by atoms with Crippen LogP contribution in [0.25, 0.3) is 23.3 Å². The van der Waals surface area contributed by atoms with Crippen LogP contribution < -0.4 is 10.6 Å². The van der Waals surface area contributed by atoms with Crippen molar-refractivity contribution in [3.05, 3.63) is 142 Å². The summed E-state index contributed by atoms with van der Waals surface area (Å²) in [7, 11) is 0. The first-order chi connectivity index (χ1) is 20.5. The summed E-state index contributed by atoms with van der Waals surface area (Å²) in [4.78, 5) is 28.9. The van der Waals surface area contributed by atoms with E-state index in [0.717, 1.165) is 44.8 Å². The quantitative estimate of drug-likeness (QED) is 0.227. The summed E-state index contributed by atoms with van der Waals surface area (Å²) in [6, 6.07) is 28.4. The molecule has 0 bridgehead atoms. The van der Waals surface area contributed by atoms with Crippen molar-refractivity contribution in [2.45, 2.75) is 12.1 Å². The average molecular weight is 549 g/mol. The Labute approximate surface area is 241 Å². The number of phenolic OH excluding ortho intramolecular Hbond substituents is 2. The van der Waals surface area contributed by atoms with Gasteiger partial charge in [0.15, 0.2) is 11.6 Å². The number of phenols is 2. The first-order valence-electron chi connectivity index (χ1n) is 13.8. The number of hydrogen-bond acceptors (Lipinski definition) is 6. The molecule has 8 rings (SSSR count). The lowest BCUT2D eigenvalue weighted by atomic mass is 9.91. The minimum atomic E-state index is -0.409. The van der Waals surface area contributed by atoms with Crippen LogP contribution in [0.1, 0.15) is 22.3 Å². The van der Waals surface area contributed by atoms with Gasteiger partial charge >= 0.3 is 0 Å². The van der Waals surface area contributed by atoms with E-state index in [2.05, 4.69) is 10.6 Å². The lowest BCUT2D eigenvalue weighted by Gasteiger charge is -2.11. The number of fused-ring (bicyclic) bond motifs is 6. The van der Waals surface area contributed by atoms with Gasteiger partial charge in [0.1, 0.15) is 11.5 Å². The van der Waals surface area contributed by atoms with E-state index in [4.69, 9.17) is 0 Å². The summed E-state index contributed by atoms with van der Waals surface area (Å²) in [5.41, 5.74) is 8.79. The summed E-state index contributed by atoms with van der Waals surface area (Å²) in [5.74, 6) is -0.0729. The van der Waals surface area contributed by atoms with Gasteiger partial charge in [-0.1, -0.05) is 60.7 Å². The SMILES string of the molecule is O=C1C(=Cc2ccc(O)cc2)C2Nc3ccccc3C2=C1C1=C2c3ccccc3NC2C(=Cc2ccc(O)cc2)C1=O. The molecule has 42 heavy (non-hydrogen) atoms. The Balaban J connectivity index is 1.36. The number of benzene rings is 4. The molecule has 202 valence electrons. The van der Waals surface area contributed by atoms with Gasteiger partial charge in [0.05, 0.1) is 12.1 Å². The average Bonchev–Trinajstić information content (AvgIpc) is 3.70. The van der Waals surface area contributed by atoms with Crippen molar-refractivity contribution in [1.82, 2.24) is 0 Å². The maximum atomic E-state index is 14.5. The van der Waals surface area contributed by atoms with Crippen LogP contribution in [0.4, 0.5) is 11.4 Å². The van der Waals surface area contributed by atoms with E-state index in [-0.39, 0.29) is 23.1 Å². The molecule has 2 aliphatic carbocycles. The van der Waals surface area contributed by atoms with Gasteiger partial charge in [0.2, 0.25) is 0 Å². The third kappa shape index (κ3) is 3.52. The summed E-state index contributed by atoms with van der Waals surface area (Å²) in [5, 5.41) is 26.6. The molecule has 4 aromatic carbocycles. The molecular formula is C36H24N2O4. The second-order valence-electron chi connectivity index (χ2n) is 10.9. The molecule has 0 spiro atoms. The fourth-order valence-electron chi connectivity index (χ4n) is 6.57. The summed E-state index contributed by atoms with van der Waals surface area (Å²) in [6.07, 6.45) is 3.68. The number of carbonyl (C=O) groups excluding carboxylic acids is 2. The van der Waals surface area contributed by atoms with Crippen molar-refractivity contribution in [3.8, 4) is 11.5 Å². The normalized spacial score (nSPS) is 21.9. The van der Waals surface area contributed by atoms with Crippen molar-refractivity contribution in [1.29, 1.82) is 0 Å². The highest BCUT2D eigenvalue weighted by atomic mass is 16.3. The van der Waals surface area contributed by atoms with Gasteiger partial charge in [-0.25, -0.2) is 0 Å². The van der Waals surface area contributed by atoms with Crippen LogP contribution in [0.3, 0.4) is 0 Å². The van der Waals surface area contributed by atoms with Crippen LogP contribution >= 0.6 is 0 Å². The van der Waals surface area contributed by atoms with Gasteiger partial charge in [-0.3, -0.25) is 9.59 Å². The molecule has 0 radical (unpaired) electrons. The number of ketones is 2. The first kappa shape index (κ1) is 24.2. The van der Waals surface area contributed by atoms with Gasteiger partial charge in [-0.05, 0) is 59.7 Å². The predicted octanol–water partition coefficient (Wildman–Crippen LogP) is 6.23. The van der Waals surface area contributed by atoms with Crippen LogP contribution in [-0.4, -0.2) is 33.9 Å². The topological polar surface area (TPSA) is 98.7 Å². The number of nitrogens with one attached hydrogen (secondary N) is 2. The molecule has 6 nitrogen and oxygen atoms in total. The van der Waals surface area contributed by atoms with E-state index >= 15 is 0 Å². The van der Waals surface area contributed by atoms with Gasteiger partial charge in [0.25, 0.3) is 0 Å². The molecule has 2 unspecified atom stereocenters. The zero-order valence-electron chi connectivity index (χ0n) is 22.3. The number of hydrogen-bond donors (Lipinski definition) is 4. The van der Waals surface area contributed by atoms with Crippen molar-refractivity contribution < 1.29 is 19.8 Å². The second kappa shape index (κ2) is 8.94. The van der Waals surface area contributed by atoms with E-state index in [9.17, 15) is 19.8 Å². The van der Waals surface area contributed by atoms with Crippen molar-refractivity contribution in [3.63, 3.8) is 0 Å². The van der Waals surface area contributed by atoms with Gasteiger partial charge in [-0.2, -0.15) is 0 Å². The van der Waals surface area contributed by atoms with Crippen LogP contribution in [0.5, 0.6) is 11.5 Å². The molecule has 4 aliphatic rings. The summed E-state index contributed by atoms with van der Waals surface area (Å²) < 4.78 is 0. The molecule has 2 atom stereocenters. The minimum Gasteiger partial charge on any atom is -0.508 e. The number of anilines is 2. The fraction of sp³-hybridized carbons (Fsp3) is 0.0556. The highest BCUT2D eigenvalue weighted by Gasteiger charge is 2.50. The van der Waals surface area contributed by atoms with Crippen LogP contribution in [0.2, 0.25) is 0 Å². The van der Waals surface area contributed by atoms with E-state index in [0.29, 0.717) is 22.3 Å². The minimum absolute atomic E-state index is 0.149. The third-order valence-electron chi connectivity index (χ3n) is 8.43. The molecule has 4 aromatic rings. The largest absolute Gasteiger partial charge is 0.508 e. The number of allylic oxidation sites excluding steroid dienone is 2. The van der Waals surface area contributed by atoms with E-state index < -0.39 is 12.1 Å². The van der Waals surface area contributed by atoms with Crippen molar-refractivity contribution >= 4 is 46.2 Å². The molecule has 0 saturated carbocycles. The Morgan fingerprint density at radius 2 is 0.905 bits per heavy atom. The third-order valence-corrected chi connectivity index (χ3v) is 8.43. The predicted molar refractivity (Wildman–Crippen MR) is 164 cm³/mol. The molecule has 0 fully saturated rings. The maximum absolute atomic E-state index is 14.5. The monoisotopic (exact) mass is 548 g/mol. The molecule has 0 saturated heterocycles. The van der Waals surface area contributed by atoms with Crippen molar-refractivity contribution in [2.24, 2.45) is 0 Å². The molecule has 2 heterocycles. The molecule has 0 amide bonds. The van der Waals surface area contributed by atoms with Gasteiger partial charge < -0.3 is 20.8 Å². The Morgan fingerprint density at radius 3 is 1.31 bits per heavy atom. The molecular weight excluding hydrogens is 524 g/mol. The van der Waals surface area contributed by atoms with Crippen molar-refractivity contribution in [2.75, 3.05) is 10.6 Å². The Bertz CT molecular complexity index is 1830. The zero-order chi connectivity index (χ0) is 28.5. The molecule has 6 heteroatoms. The highest BCUT2D eigenvalue weighted by Crippen LogP contribution is 2.54. The fourth-order valence-corrected chi connectivity index (χ4v) is 6.57. The summed E-state index contributed by atoms with van der Waals surface area (Å²) in [6.45, 7) is 0. The molecule has 0 aromatic heterocycles. The Morgan fingerprint density at radius 1 is 0.524 bits per heavy atom. The van der Waals surface area contributed by atoms with Crippen LogP contribution in [0, 0.1) is 0 Å². The Kier molecular flexibility index (Phi) is 5.15. The second-order valence-corrected chi connectivity index (χ2v) is 10.9. The molecule has 2 aliphatic heterocycles. The van der Waals surface area contributed by atoms with E-state index in [1.165, 1.54) is 0 Å². The lowest BCUT2D eigenvalue weighted by molar-refractivity contribution is -0.114. The van der Waals surface area contributed by atoms with E-state index in [1.54, 1.807) is 48.5 Å². The lowest BCUT2D eigenvalue weighted by Crippen LogP contribution is -2.18. The molecule has 4 N–H and O–H groups in total. The maximum Gasteiger partial charge on any atom is 0.192 e. The number of Topliss-reactive ketones (excluding diaryl/α,β-unsaturated/α-hetero) is 2. The first-order valence-corrected chi connectivity index (χ1v) is 13.8. The summed E-state index contributed by atoms with van der Waals surface area (Å²) >= 11 is 0. The number of aromatic hydroxyl groups is 2. The number of para-hydroxylation sites is 2. The van der Waals surface area contributed by atoms with Crippen LogP contribution in [-0.2, 0) is 9.59 Å². The van der Waals surface area contributed by atoms with Gasteiger partial charge in [0, 0.05) is 55.9 Å². The number of rotatable bonds is 3. The smallest absolute Gasteiger partial charge is 0.192 e. The van der Waals surface area contributed by atoms with Crippen LogP contribution in [0.15, 0.2) is 119 Å². The highest BCUT2D eigenvalue weighted by molar-refractivity contribution is 6.38. The standard InChI is InChI=1S/C36H24N2O4/c39-21-13-9-19(10-14-21)17-25-33-29(23-5-1-3-7-27(23)37-33)31(35(25)41)32-30-24-6-2-4-8-28(24)38-34(30)26(36(32)42)18-20-11-15-22(40)16-12-20/h1-18,33-34,37-40H. The Hall–Kier alpha value is -5.62. The zero-order valence-corrected chi connectivity index (χ0v) is 22.3. The van der Waals surface area contributed by atoms with Gasteiger partial charge in [-0.15, -0.1) is 0 Å².